The second-order valence-corrected chi connectivity index (χ2v) is 16.4. The SMILES string of the molecule is COc1cc(N2CCC(N3CC(N(C)C)C3)CC2)c(C)cc1Nc1ncc(Br)c(Nc2ccn3cncc3c2P(C)(C)=O)n1. The standard InChI is InChI=1S/C31H41BrN9O2P/c1-20-13-25(28(43-4)14-26(20)39-10-7-21(8-11-39)41-17-22(18-41)38(2)3)36-31-34-15-23(32)30(37-31)35-24-9-12-40-19-33-16-27(40)29(24)44(5,6)42/h9,12-16,19,21-22H,7-8,10-11,17-18H2,1-6H3,(H2,34,35,36,37). The van der Waals surface area contributed by atoms with Crippen LogP contribution in [0.1, 0.15) is 18.4 Å². The van der Waals surface area contributed by atoms with Crippen LogP contribution >= 0.6 is 23.1 Å². The van der Waals surface area contributed by atoms with Crippen LogP contribution in [0.4, 0.5) is 28.8 Å². The number of likely N-dealkylation sites (N-methyl/N-ethyl adjacent to an activating group) is 1. The molecule has 44 heavy (non-hydrogen) atoms. The summed E-state index contributed by atoms with van der Waals surface area (Å²) in [5.41, 5.74) is 4.67. The number of imidazole rings is 1. The Morgan fingerprint density at radius 2 is 1.84 bits per heavy atom. The Balaban J connectivity index is 1.19. The Morgan fingerprint density at radius 1 is 1.09 bits per heavy atom. The number of ether oxygens (including phenoxy) is 1. The summed E-state index contributed by atoms with van der Waals surface area (Å²) in [7, 11) is 3.38. The summed E-state index contributed by atoms with van der Waals surface area (Å²) >= 11 is 3.58. The molecular weight excluding hydrogens is 641 g/mol. The van der Waals surface area contributed by atoms with E-state index in [1.807, 2.05) is 16.7 Å². The molecule has 1 aromatic carbocycles. The van der Waals surface area contributed by atoms with Crippen molar-refractivity contribution < 1.29 is 9.30 Å². The molecule has 0 spiro atoms. The average molecular weight is 683 g/mol. The number of rotatable bonds is 9. The third kappa shape index (κ3) is 6.18. The number of likely N-dealkylation sites (tertiary alicyclic amines) is 1. The maximum atomic E-state index is 13.3. The van der Waals surface area contributed by atoms with E-state index in [2.05, 4.69) is 84.4 Å². The quantitative estimate of drug-likeness (QED) is 0.231. The molecule has 2 aliphatic rings. The zero-order valence-corrected chi connectivity index (χ0v) is 28.7. The van der Waals surface area contributed by atoms with Gasteiger partial charge in [0.1, 0.15) is 18.7 Å². The molecule has 2 fully saturated rings. The van der Waals surface area contributed by atoms with E-state index in [1.165, 1.54) is 37.2 Å². The first-order valence-corrected chi connectivity index (χ1v) is 18.3. The fraction of sp³-hybridized carbons (Fsp3) is 0.452. The van der Waals surface area contributed by atoms with Gasteiger partial charge in [0.05, 0.1) is 46.3 Å². The number of anilines is 5. The highest BCUT2D eigenvalue weighted by atomic mass is 79.9. The largest absolute Gasteiger partial charge is 0.494 e. The van der Waals surface area contributed by atoms with Crippen LogP contribution in [-0.4, -0.2) is 102 Å². The van der Waals surface area contributed by atoms with Crippen LogP contribution in [0.15, 0.2) is 47.6 Å². The summed E-state index contributed by atoms with van der Waals surface area (Å²) in [6, 6.07) is 7.48. The molecule has 13 heteroatoms. The molecule has 0 saturated carbocycles. The van der Waals surface area contributed by atoms with E-state index in [1.54, 1.807) is 39.2 Å². The smallest absolute Gasteiger partial charge is 0.229 e. The third-order valence-electron chi connectivity index (χ3n) is 8.81. The number of fused-ring (bicyclic) bond motifs is 1. The Bertz CT molecular complexity index is 1710. The monoisotopic (exact) mass is 681 g/mol. The van der Waals surface area contributed by atoms with Crippen LogP contribution in [0.5, 0.6) is 5.75 Å². The zero-order valence-electron chi connectivity index (χ0n) is 26.2. The molecule has 234 valence electrons. The van der Waals surface area contributed by atoms with Gasteiger partial charge in [-0.15, -0.1) is 0 Å². The van der Waals surface area contributed by atoms with Crippen LogP contribution in [-0.2, 0) is 4.57 Å². The van der Waals surface area contributed by atoms with Gasteiger partial charge in [-0.05, 0) is 80.8 Å². The maximum Gasteiger partial charge on any atom is 0.229 e. The third-order valence-corrected chi connectivity index (χ3v) is 10.9. The van der Waals surface area contributed by atoms with Crippen LogP contribution in [0.25, 0.3) is 5.52 Å². The average Bonchev–Trinajstić information content (AvgIpc) is 3.42. The number of hydrogen-bond donors (Lipinski definition) is 2. The number of hydrogen-bond acceptors (Lipinski definition) is 10. The normalized spacial score (nSPS) is 16.9. The van der Waals surface area contributed by atoms with Gasteiger partial charge < -0.3 is 34.1 Å². The van der Waals surface area contributed by atoms with Crippen molar-refractivity contribution in [3.63, 3.8) is 0 Å². The maximum absolute atomic E-state index is 13.3. The van der Waals surface area contributed by atoms with E-state index in [9.17, 15) is 4.57 Å². The van der Waals surface area contributed by atoms with E-state index < -0.39 is 7.14 Å². The number of nitrogens with one attached hydrogen (secondary N) is 2. The topological polar surface area (TPSA) is 103 Å². The lowest BCUT2D eigenvalue weighted by atomic mass is 9.96. The number of aromatic nitrogens is 4. The van der Waals surface area contributed by atoms with Crippen molar-refractivity contribution in [2.45, 2.75) is 31.8 Å². The van der Waals surface area contributed by atoms with Crippen LogP contribution in [0, 0.1) is 6.92 Å². The minimum Gasteiger partial charge on any atom is -0.494 e. The molecule has 0 unspecified atom stereocenters. The zero-order chi connectivity index (χ0) is 31.2. The summed E-state index contributed by atoms with van der Waals surface area (Å²) in [5.74, 6) is 1.70. The minimum absolute atomic E-state index is 0.413. The van der Waals surface area contributed by atoms with E-state index in [-0.39, 0.29) is 0 Å². The summed E-state index contributed by atoms with van der Waals surface area (Å²) in [6.45, 7) is 10.1. The van der Waals surface area contributed by atoms with Gasteiger partial charge in [-0.1, -0.05) is 0 Å². The molecule has 0 radical (unpaired) electrons. The van der Waals surface area contributed by atoms with Gasteiger partial charge in [0, 0.05) is 62.4 Å². The predicted molar refractivity (Wildman–Crippen MR) is 183 cm³/mol. The first kappa shape index (κ1) is 30.8. The number of benzene rings is 1. The van der Waals surface area contributed by atoms with Gasteiger partial charge >= 0.3 is 0 Å². The fourth-order valence-corrected chi connectivity index (χ4v) is 8.00. The van der Waals surface area contributed by atoms with Crippen LogP contribution in [0.2, 0.25) is 0 Å². The second-order valence-electron chi connectivity index (χ2n) is 12.4. The Morgan fingerprint density at radius 3 is 2.52 bits per heavy atom. The number of pyridine rings is 1. The number of methoxy groups -OCH3 is 1. The highest BCUT2D eigenvalue weighted by molar-refractivity contribution is 9.10. The summed E-state index contributed by atoms with van der Waals surface area (Å²) in [4.78, 5) is 21.0. The van der Waals surface area contributed by atoms with Gasteiger partial charge in [-0.2, -0.15) is 4.98 Å². The molecule has 2 N–H and O–H groups in total. The Kier molecular flexibility index (Phi) is 8.63. The number of aryl methyl sites for hydroxylation is 1. The molecule has 5 heterocycles. The predicted octanol–water partition coefficient (Wildman–Crippen LogP) is 5.15. The lowest BCUT2D eigenvalue weighted by Gasteiger charge is -2.49. The van der Waals surface area contributed by atoms with Crippen molar-refractivity contribution in [3.05, 3.63) is 53.2 Å². The van der Waals surface area contributed by atoms with E-state index >= 15 is 0 Å². The molecule has 3 aromatic heterocycles. The van der Waals surface area contributed by atoms with Crippen LogP contribution < -0.4 is 25.6 Å². The van der Waals surface area contributed by atoms with Crippen molar-refractivity contribution >= 4 is 62.7 Å². The summed E-state index contributed by atoms with van der Waals surface area (Å²) in [6.07, 6.45) is 9.37. The lowest BCUT2D eigenvalue weighted by Crippen LogP contribution is -2.62. The van der Waals surface area contributed by atoms with Crippen molar-refractivity contribution in [2.24, 2.45) is 0 Å². The minimum atomic E-state index is -2.66. The molecule has 6 rings (SSSR count). The highest BCUT2D eigenvalue weighted by Crippen LogP contribution is 2.41. The fourth-order valence-electron chi connectivity index (χ4n) is 6.28. The van der Waals surface area contributed by atoms with Gasteiger partial charge in [0.2, 0.25) is 5.95 Å². The number of halogens is 1. The van der Waals surface area contributed by atoms with Gasteiger partial charge in [-0.3, -0.25) is 4.90 Å². The molecular formula is C31H41BrN9O2P. The first-order chi connectivity index (χ1) is 21.0. The molecule has 0 amide bonds. The molecule has 11 nitrogen and oxygen atoms in total. The Labute approximate surface area is 267 Å². The van der Waals surface area contributed by atoms with Crippen LogP contribution in [0.3, 0.4) is 0 Å². The molecule has 2 saturated heterocycles. The van der Waals surface area contributed by atoms with Crippen molar-refractivity contribution in [1.82, 2.24) is 29.2 Å². The number of nitrogens with zero attached hydrogens (tertiary/aromatic N) is 7. The Hall–Kier alpha value is -3.18. The van der Waals surface area contributed by atoms with Gasteiger partial charge in [0.15, 0.2) is 0 Å². The number of piperidine rings is 1. The van der Waals surface area contributed by atoms with Crippen molar-refractivity contribution in [2.75, 3.05) is 76.2 Å². The van der Waals surface area contributed by atoms with Crippen molar-refractivity contribution in [3.8, 4) is 5.75 Å². The van der Waals surface area contributed by atoms with Gasteiger partial charge in [0.25, 0.3) is 0 Å². The second kappa shape index (κ2) is 12.3. The van der Waals surface area contributed by atoms with E-state index in [0.717, 1.165) is 35.3 Å². The van der Waals surface area contributed by atoms with Crippen molar-refractivity contribution in [1.29, 1.82) is 0 Å². The first-order valence-electron chi connectivity index (χ1n) is 14.9. The molecule has 4 aromatic rings. The highest BCUT2D eigenvalue weighted by Gasteiger charge is 2.35. The summed E-state index contributed by atoms with van der Waals surface area (Å²) < 4.78 is 21.7. The van der Waals surface area contributed by atoms with E-state index in [0.29, 0.717) is 34.0 Å². The van der Waals surface area contributed by atoms with Gasteiger partial charge in [-0.25, -0.2) is 9.97 Å². The lowest BCUT2D eigenvalue weighted by molar-refractivity contribution is 0.0188. The summed E-state index contributed by atoms with van der Waals surface area (Å²) in [5, 5.41) is 7.46. The van der Waals surface area contributed by atoms with E-state index in [4.69, 9.17) is 9.72 Å². The molecule has 0 atom stereocenters. The molecule has 2 aliphatic heterocycles. The molecule has 0 bridgehead atoms. The molecule has 0 aliphatic carbocycles.